The first-order valence-corrected chi connectivity index (χ1v) is 9.61. The van der Waals surface area contributed by atoms with Crippen LogP contribution in [-0.4, -0.2) is 181 Å². The van der Waals surface area contributed by atoms with Gasteiger partial charge in [-0.05, 0) is 0 Å². The Bertz CT molecular complexity index is 581. The fourth-order valence-electron chi connectivity index (χ4n) is 1.63. The van der Waals surface area contributed by atoms with Crippen molar-refractivity contribution >= 4 is 23.9 Å². The third-order valence-electron chi connectivity index (χ3n) is 4.35. The molecular weight excluding hydrogens is 524 g/mol. The highest BCUT2D eigenvalue weighted by atomic mass is 16.4. The number of hydrogen-bond acceptors (Lipinski definition) is 16. The molecule has 20 heteroatoms. The summed E-state index contributed by atoms with van der Waals surface area (Å²) in [5, 5.41) is 137. The lowest BCUT2D eigenvalue weighted by Gasteiger charge is -2.23. The van der Waals surface area contributed by atoms with E-state index in [9.17, 15) is 19.2 Å². The number of carboxylic acid groups (broad SMARTS) is 4. The van der Waals surface area contributed by atoms with Crippen molar-refractivity contribution in [2.75, 3.05) is 26.4 Å². The van der Waals surface area contributed by atoms with E-state index < -0.39 is 105 Å². The van der Waals surface area contributed by atoms with E-state index in [0.717, 1.165) is 0 Å². The molecule has 0 aliphatic heterocycles. The normalized spacial score (nSPS) is 17.6. The molecule has 16 N–H and O–H groups in total. The Balaban J connectivity index is -0.000000481. The van der Waals surface area contributed by atoms with Gasteiger partial charge in [0.2, 0.25) is 0 Å². The van der Waals surface area contributed by atoms with Crippen LogP contribution >= 0.6 is 0 Å². The number of carbonyl (C=O) groups is 4. The molecule has 0 heterocycles. The van der Waals surface area contributed by atoms with Gasteiger partial charge in [-0.15, -0.1) is 0 Å². The van der Waals surface area contributed by atoms with Gasteiger partial charge in [-0.3, -0.25) is 0 Å². The summed E-state index contributed by atoms with van der Waals surface area (Å²) in [6.45, 7) is -1.62. The van der Waals surface area contributed by atoms with E-state index in [1.807, 2.05) is 0 Å². The van der Waals surface area contributed by atoms with Crippen molar-refractivity contribution in [2.24, 2.45) is 5.41 Å². The van der Waals surface area contributed by atoms with Crippen LogP contribution in [0.2, 0.25) is 0 Å². The van der Waals surface area contributed by atoms with Crippen LogP contribution in [0.25, 0.3) is 0 Å². The van der Waals surface area contributed by atoms with Crippen LogP contribution in [0.3, 0.4) is 0 Å². The Labute approximate surface area is 206 Å². The van der Waals surface area contributed by atoms with Gasteiger partial charge in [0.1, 0.15) is 24.4 Å². The maximum atomic E-state index is 10.1. The standard InChI is InChI=1S/2C6H10O8.C5H12O4/c2*7-1(3(9)5(11)12)2(8)4(10)6(13)14;6-1-5(2-7,3-8)4-9/h2*1-4,7-10H,(H,11,12)(H,13,14);6-9H,1-4H2/t2*1-,2+,3-,4-;/m00./s1. The van der Waals surface area contributed by atoms with Gasteiger partial charge in [-0.1, -0.05) is 0 Å². The molecule has 0 aromatic heterocycles. The average molecular weight is 556 g/mol. The van der Waals surface area contributed by atoms with Gasteiger partial charge in [-0.25, -0.2) is 19.2 Å². The molecule has 0 radical (unpaired) electrons. The maximum Gasteiger partial charge on any atom is 0.335 e. The van der Waals surface area contributed by atoms with E-state index in [1.54, 1.807) is 0 Å². The number of aliphatic hydroxyl groups is 12. The molecule has 0 aliphatic carbocycles. The Morgan fingerprint density at radius 2 is 0.541 bits per heavy atom. The predicted octanol–water partition coefficient (Wildman–Crippen LogP) is -8.86. The minimum absolute atomic E-state index is 0.406. The zero-order valence-corrected chi connectivity index (χ0v) is 18.7. The molecular formula is C17H32O20. The third kappa shape index (κ3) is 13.5. The van der Waals surface area contributed by atoms with E-state index >= 15 is 0 Å². The summed E-state index contributed by atoms with van der Waals surface area (Å²) in [5.74, 6) is -7.36. The molecule has 8 atom stereocenters. The van der Waals surface area contributed by atoms with Crippen LogP contribution < -0.4 is 0 Å². The molecule has 0 unspecified atom stereocenters. The van der Waals surface area contributed by atoms with Crippen LogP contribution in [0.15, 0.2) is 0 Å². The largest absolute Gasteiger partial charge is 0.479 e. The first-order valence-electron chi connectivity index (χ1n) is 9.61. The zero-order chi connectivity index (χ0) is 30.3. The highest BCUT2D eigenvalue weighted by Gasteiger charge is 2.38. The molecule has 0 fully saturated rings. The van der Waals surface area contributed by atoms with Crippen LogP contribution in [0, 0.1) is 5.41 Å². The Morgan fingerprint density at radius 1 is 0.405 bits per heavy atom. The molecule has 0 rings (SSSR count). The zero-order valence-electron chi connectivity index (χ0n) is 18.7. The monoisotopic (exact) mass is 556 g/mol. The summed E-state index contributed by atoms with van der Waals surface area (Å²) >= 11 is 0. The summed E-state index contributed by atoms with van der Waals surface area (Å²) in [6, 6.07) is 0. The maximum absolute atomic E-state index is 10.1. The quantitative estimate of drug-likeness (QED) is 0.0943. The SMILES string of the molecule is O=C(O)[C@@H](O)[C@H](O)[C@H](O)[C@H](O)C(=O)O.O=C(O)[C@@H](O)[C@H](O)[C@H](O)[C@H](O)C(=O)O.OCC(CO)(CO)CO. The van der Waals surface area contributed by atoms with E-state index in [1.165, 1.54) is 0 Å². The Morgan fingerprint density at radius 3 is 0.595 bits per heavy atom. The van der Waals surface area contributed by atoms with Gasteiger partial charge >= 0.3 is 23.9 Å². The average Bonchev–Trinajstić information content (AvgIpc) is 2.87. The topological polar surface area (TPSA) is 392 Å². The van der Waals surface area contributed by atoms with Gasteiger partial charge in [-0.2, -0.15) is 0 Å². The Kier molecular flexibility index (Phi) is 19.6. The fourth-order valence-corrected chi connectivity index (χ4v) is 1.63. The fraction of sp³-hybridized carbons (Fsp3) is 0.765. The molecule has 0 spiro atoms. The Hall–Kier alpha value is -2.60. The van der Waals surface area contributed by atoms with Gasteiger partial charge in [0, 0.05) is 0 Å². The van der Waals surface area contributed by atoms with Crippen molar-refractivity contribution in [1.82, 2.24) is 0 Å². The number of hydrogen-bond donors (Lipinski definition) is 16. The van der Waals surface area contributed by atoms with Crippen molar-refractivity contribution in [1.29, 1.82) is 0 Å². The van der Waals surface area contributed by atoms with Gasteiger partial charge < -0.3 is 81.7 Å². The lowest BCUT2D eigenvalue weighted by Crippen LogP contribution is -2.49. The second-order valence-electron chi connectivity index (χ2n) is 7.23. The molecule has 0 aromatic carbocycles. The number of carboxylic acids is 4. The molecule has 0 aromatic rings. The van der Waals surface area contributed by atoms with Crippen LogP contribution in [-0.2, 0) is 19.2 Å². The van der Waals surface area contributed by atoms with Gasteiger partial charge in [0.05, 0.1) is 31.8 Å². The predicted molar refractivity (Wildman–Crippen MR) is 109 cm³/mol. The molecule has 0 amide bonds. The lowest BCUT2D eigenvalue weighted by atomic mass is 9.93. The number of aliphatic carboxylic acids is 4. The summed E-state index contributed by atoms with van der Waals surface area (Å²) in [4.78, 5) is 40.3. The molecule has 0 saturated heterocycles. The van der Waals surface area contributed by atoms with E-state index in [0.29, 0.717) is 0 Å². The molecule has 220 valence electrons. The van der Waals surface area contributed by atoms with Crippen molar-refractivity contribution < 1.29 is 101 Å². The summed E-state index contributed by atoms with van der Waals surface area (Å²) in [6.07, 6.45) is -18.6. The minimum Gasteiger partial charge on any atom is -0.479 e. The highest BCUT2D eigenvalue weighted by molar-refractivity contribution is 5.75. The van der Waals surface area contributed by atoms with Crippen molar-refractivity contribution in [3.63, 3.8) is 0 Å². The smallest absolute Gasteiger partial charge is 0.335 e. The van der Waals surface area contributed by atoms with Gasteiger partial charge in [0.25, 0.3) is 0 Å². The molecule has 37 heavy (non-hydrogen) atoms. The van der Waals surface area contributed by atoms with Gasteiger partial charge in [0.15, 0.2) is 24.4 Å². The summed E-state index contributed by atoms with van der Waals surface area (Å²) in [5.41, 5.74) is -1.11. The first-order chi connectivity index (χ1) is 16.8. The molecule has 0 saturated carbocycles. The van der Waals surface area contributed by atoms with E-state index in [4.69, 9.17) is 81.7 Å². The van der Waals surface area contributed by atoms with E-state index in [-0.39, 0.29) is 0 Å². The number of aliphatic hydroxyl groups excluding tert-OH is 12. The molecule has 0 aliphatic rings. The first kappa shape index (κ1) is 38.9. The molecule has 0 bridgehead atoms. The van der Waals surface area contributed by atoms with Crippen LogP contribution in [0.4, 0.5) is 0 Å². The minimum atomic E-state index is -2.36. The van der Waals surface area contributed by atoms with Crippen molar-refractivity contribution in [2.45, 2.75) is 48.8 Å². The second kappa shape index (κ2) is 18.6. The lowest BCUT2D eigenvalue weighted by molar-refractivity contribution is -0.172. The second-order valence-corrected chi connectivity index (χ2v) is 7.23. The highest BCUT2D eigenvalue weighted by Crippen LogP contribution is 2.12. The van der Waals surface area contributed by atoms with Crippen molar-refractivity contribution in [3.05, 3.63) is 0 Å². The van der Waals surface area contributed by atoms with E-state index in [2.05, 4.69) is 0 Å². The summed E-state index contributed by atoms with van der Waals surface area (Å²) < 4.78 is 0. The van der Waals surface area contributed by atoms with Crippen LogP contribution in [0.5, 0.6) is 0 Å². The number of rotatable bonds is 14. The van der Waals surface area contributed by atoms with Crippen LogP contribution in [0.1, 0.15) is 0 Å². The molecule has 20 nitrogen and oxygen atoms in total. The van der Waals surface area contributed by atoms with Crippen molar-refractivity contribution in [3.8, 4) is 0 Å². The third-order valence-corrected chi connectivity index (χ3v) is 4.35. The summed E-state index contributed by atoms with van der Waals surface area (Å²) in [7, 11) is 0.